The quantitative estimate of drug-likeness (QED) is 0.885. The Morgan fingerprint density at radius 2 is 2.12 bits per heavy atom. The number of amides is 1. The Labute approximate surface area is 140 Å². The smallest absolute Gasteiger partial charge is 0.254 e. The maximum atomic E-state index is 12.2. The van der Waals surface area contributed by atoms with Gasteiger partial charge in [-0.15, -0.1) is 10.2 Å². The molecule has 24 heavy (non-hydrogen) atoms. The number of aryl methyl sites for hydroxylation is 1. The number of fused-ring (bicyclic) bond motifs is 1. The molecule has 1 fully saturated rings. The normalized spacial score (nSPS) is 20.4. The Kier molecular flexibility index (Phi) is 4.27. The van der Waals surface area contributed by atoms with E-state index in [1.165, 1.54) is 12.8 Å². The van der Waals surface area contributed by atoms with Crippen LogP contribution in [-0.2, 0) is 22.5 Å². The number of rotatable bonds is 3. The van der Waals surface area contributed by atoms with E-state index in [9.17, 15) is 4.79 Å². The molecule has 1 amide bonds. The molecule has 1 atom stereocenters. The molecule has 2 aliphatic rings. The van der Waals surface area contributed by atoms with Gasteiger partial charge in [0.1, 0.15) is 11.9 Å². The topological polar surface area (TPSA) is 81.1 Å². The van der Waals surface area contributed by atoms with Crippen LogP contribution in [-0.4, -0.2) is 46.5 Å². The van der Waals surface area contributed by atoms with E-state index >= 15 is 0 Å². The van der Waals surface area contributed by atoms with Gasteiger partial charge >= 0.3 is 0 Å². The van der Waals surface area contributed by atoms with E-state index in [1.807, 2.05) is 24.3 Å². The van der Waals surface area contributed by atoms with Gasteiger partial charge in [-0.1, -0.05) is 0 Å². The SMILES string of the molecule is O=C(Nc1ccc(-c2nnc3n2CCCC3)cc1)C1CNCCO1. The molecule has 0 bridgehead atoms. The zero-order valence-corrected chi connectivity index (χ0v) is 13.5. The Morgan fingerprint density at radius 3 is 2.92 bits per heavy atom. The second kappa shape index (κ2) is 6.70. The second-order valence-corrected chi connectivity index (χ2v) is 6.18. The van der Waals surface area contributed by atoms with Crippen molar-refractivity contribution in [1.29, 1.82) is 0 Å². The number of carbonyl (C=O) groups is 1. The zero-order chi connectivity index (χ0) is 16.4. The van der Waals surface area contributed by atoms with Crippen LogP contribution in [0.5, 0.6) is 0 Å². The maximum Gasteiger partial charge on any atom is 0.254 e. The highest BCUT2D eigenvalue weighted by Crippen LogP contribution is 2.24. The standard InChI is InChI=1S/C17H21N5O2/c23-17(14-11-18-8-10-24-14)19-13-6-4-12(5-7-13)16-21-20-15-3-1-2-9-22(15)16/h4-7,14,18H,1-3,8-11H2,(H,19,23). The Balaban J connectivity index is 1.46. The number of hydrogen-bond donors (Lipinski definition) is 2. The minimum Gasteiger partial charge on any atom is -0.366 e. The fraction of sp³-hybridized carbons (Fsp3) is 0.471. The first-order valence-electron chi connectivity index (χ1n) is 8.47. The van der Waals surface area contributed by atoms with Gasteiger partial charge in [0, 0.05) is 37.3 Å². The highest BCUT2D eigenvalue weighted by Gasteiger charge is 2.22. The summed E-state index contributed by atoms with van der Waals surface area (Å²) in [5, 5.41) is 14.7. The van der Waals surface area contributed by atoms with Crippen molar-refractivity contribution in [2.75, 3.05) is 25.0 Å². The Morgan fingerprint density at radius 1 is 1.25 bits per heavy atom. The van der Waals surface area contributed by atoms with Crippen LogP contribution in [0.15, 0.2) is 24.3 Å². The van der Waals surface area contributed by atoms with E-state index in [2.05, 4.69) is 25.4 Å². The molecular formula is C17H21N5O2. The predicted octanol–water partition coefficient (Wildman–Crippen LogP) is 1.21. The third-order valence-electron chi connectivity index (χ3n) is 4.49. The van der Waals surface area contributed by atoms with Gasteiger partial charge in [0.05, 0.1) is 6.61 Å². The fourth-order valence-electron chi connectivity index (χ4n) is 3.18. The number of nitrogens with zero attached hydrogens (tertiary/aromatic N) is 3. The van der Waals surface area contributed by atoms with Crippen LogP contribution in [0.3, 0.4) is 0 Å². The monoisotopic (exact) mass is 327 g/mol. The molecule has 1 unspecified atom stereocenters. The second-order valence-electron chi connectivity index (χ2n) is 6.18. The molecule has 1 saturated heterocycles. The Hall–Kier alpha value is -2.25. The zero-order valence-electron chi connectivity index (χ0n) is 13.5. The van der Waals surface area contributed by atoms with Gasteiger partial charge in [-0.2, -0.15) is 0 Å². The largest absolute Gasteiger partial charge is 0.366 e. The molecule has 4 rings (SSSR count). The highest BCUT2D eigenvalue weighted by atomic mass is 16.5. The summed E-state index contributed by atoms with van der Waals surface area (Å²) in [5.41, 5.74) is 1.78. The molecule has 1 aromatic heterocycles. The van der Waals surface area contributed by atoms with Crippen molar-refractivity contribution >= 4 is 11.6 Å². The number of benzene rings is 1. The number of nitrogens with one attached hydrogen (secondary N) is 2. The summed E-state index contributed by atoms with van der Waals surface area (Å²) < 4.78 is 7.65. The van der Waals surface area contributed by atoms with Crippen molar-refractivity contribution in [2.24, 2.45) is 0 Å². The highest BCUT2D eigenvalue weighted by molar-refractivity contribution is 5.94. The van der Waals surface area contributed by atoms with Crippen molar-refractivity contribution in [1.82, 2.24) is 20.1 Å². The first-order valence-corrected chi connectivity index (χ1v) is 8.47. The van der Waals surface area contributed by atoms with E-state index in [4.69, 9.17) is 4.74 Å². The predicted molar refractivity (Wildman–Crippen MR) is 89.6 cm³/mol. The van der Waals surface area contributed by atoms with Crippen molar-refractivity contribution in [3.8, 4) is 11.4 Å². The summed E-state index contributed by atoms with van der Waals surface area (Å²) in [7, 11) is 0. The minimum absolute atomic E-state index is 0.116. The number of hydrogen-bond acceptors (Lipinski definition) is 5. The van der Waals surface area contributed by atoms with Crippen LogP contribution in [0.4, 0.5) is 5.69 Å². The molecule has 3 heterocycles. The van der Waals surface area contributed by atoms with E-state index < -0.39 is 6.10 Å². The van der Waals surface area contributed by atoms with Crippen molar-refractivity contribution in [2.45, 2.75) is 31.9 Å². The average Bonchev–Trinajstić information content (AvgIpc) is 3.07. The maximum absolute atomic E-state index is 12.2. The molecule has 0 aliphatic carbocycles. The molecule has 0 radical (unpaired) electrons. The molecule has 2 aliphatic heterocycles. The van der Waals surface area contributed by atoms with E-state index in [0.29, 0.717) is 13.2 Å². The summed E-state index contributed by atoms with van der Waals surface area (Å²) in [4.78, 5) is 12.2. The first-order chi connectivity index (χ1) is 11.8. The lowest BCUT2D eigenvalue weighted by Crippen LogP contribution is -2.45. The summed E-state index contributed by atoms with van der Waals surface area (Å²) >= 11 is 0. The molecule has 2 aromatic rings. The van der Waals surface area contributed by atoms with Crippen molar-refractivity contribution < 1.29 is 9.53 Å². The molecular weight excluding hydrogens is 306 g/mol. The van der Waals surface area contributed by atoms with Crippen LogP contribution in [0, 0.1) is 0 Å². The van der Waals surface area contributed by atoms with Crippen LogP contribution in [0.25, 0.3) is 11.4 Å². The van der Waals surface area contributed by atoms with Crippen LogP contribution in [0.1, 0.15) is 18.7 Å². The molecule has 1 aromatic carbocycles. The number of morpholine rings is 1. The number of carbonyl (C=O) groups excluding carboxylic acids is 1. The lowest BCUT2D eigenvalue weighted by molar-refractivity contribution is -0.128. The van der Waals surface area contributed by atoms with Crippen LogP contribution < -0.4 is 10.6 Å². The molecule has 7 nitrogen and oxygen atoms in total. The fourth-order valence-corrected chi connectivity index (χ4v) is 3.18. The van der Waals surface area contributed by atoms with Gasteiger partial charge in [-0.05, 0) is 37.1 Å². The van der Waals surface area contributed by atoms with Gasteiger partial charge in [0.15, 0.2) is 5.82 Å². The summed E-state index contributed by atoms with van der Waals surface area (Å²) in [6, 6.07) is 7.74. The van der Waals surface area contributed by atoms with Crippen LogP contribution >= 0.6 is 0 Å². The summed E-state index contributed by atoms with van der Waals surface area (Å²) in [6.07, 6.45) is 2.92. The number of anilines is 1. The molecule has 7 heteroatoms. The Bertz CT molecular complexity index is 719. The van der Waals surface area contributed by atoms with Gasteiger partial charge in [-0.25, -0.2) is 0 Å². The average molecular weight is 327 g/mol. The lowest BCUT2D eigenvalue weighted by Gasteiger charge is -2.22. The van der Waals surface area contributed by atoms with Gasteiger partial charge < -0.3 is 19.9 Å². The van der Waals surface area contributed by atoms with Gasteiger partial charge in [-0.3, -0.25) is 4.79 Å². The van der Waals surface area contributed by atoms with Gasteiger partial charge in [0.25, 0.3) is 5.91 Å². The summed E-state index contributed by atoms with van der Waals surface area (Å²) in [5.74, 6) is 1.85. The van der Waals surface area contributed by atoms with E-state index in [1.54, 1.807) is 0 Å². The first kappa shape index (κ1) is 15.3. The van der Waals surface area contributed by atoms with E-state index in [-0.39, 0.29) is 5.91 Å². The number of aromatic nitrogens is 3. The third-order valence-corrected chi connectivity index (χ3v) is 4.49. The molecule has 0 saturated carbocycles. The molecule has 0 spiro atoms. The molecule has 2 N–H and O–H groups in total. The number of ether oxygens (including phenoxy) is 1. The van der Waals surface area contributed by atoms with Crippen LogP contribution in [0.2, 0.25) is 0 Å². The van der Waals surface area contributed by atoms with Crippen molar-refractivity contribution in [3.05, 3.63) is 30.1 Å². The van der Waals surface area contributed by atoms with E-state index in [0.717, 1.165) is 42.4 Å². The van der Waals surface area contributed by atoms with Crippen molar-refractivity contribution in [3.63, 3.8) is 0 Å². The minimum atomic E-state index is -0.429. The third kappa shape index (κ3) is 3.05. The van der Waals surface area contributed by atoms with Gasteiger partial charge in [0.2, 0.25) is 0 Å². The summed E-state index contributed by atoms with van der Waals surface area (Å²) in [6.45, 7) is 2.88. The molecule has 126 valence electrons. The lowest BCUT2D eigenvalue weighted by atomic mass is 10.1.